The highest BCUT2D eigenvalue weighted by Crippen LogP contribution is 2.25. The highest BCUT2D eigenvalue weighted by Gasteiger charge is 2.13. The fourth-order valence-electron chi connectivity index (χ4n) is 1.68. The predicted octanol–water partition coefficient (Wildman–Crippen LogP) is 1.67. The zero-order chi connectivity index (χ0) is 14.7. The maximum Gasteiger partial charge on any atom is 0.275 e. The van der Waals surface area contributed by atoms with Gasteiger partial charge in [0.15, 0.2) is 0 Å². The average Bonchev–Trinajstić information content (AvgIpc) is 2.42. The molecule has 0 unspecified atom stereocenters. The van der Waals surface area contributed by atoms with E-state index in [4.69, 9.17) is 21.6 Å². The molecule has 0 amide bonds. The molecule has 20 heavy (non-hydrogen) atoms. The first-order chi connectivity index (χ1) is 9.56. The Balaban J connectivity index is 2.70. The summed E-state index contributed by atoms with van der Waals surface area (Å²) in [5, 5.41) is 22.7. The van der Waals surface area contributed by atoms with Crippen LogP contribution in [-0.2, 0) is 6.42 Å². The van der Waals surface area contributed by atoms with Crippen LogP contribution in [0.5, 0.6) is 11.5 Å². The summed E-state index contributed by atoms with van der Waals surface area (Å²) in [4.78, 5) is 11.9. The Morgan fingerprint density at radius 1 is 1.50 bits per heavy atom. The standard InChI is InChI=1S/C13H10ClN3O3/c1-20-12-3-2-8(14)6-10(12)17-13(19)7-11(18)9(16-17)4-5-15/h2-3,6-7,18H,4H2,1H3. The zero-order valence-electron chi connectivity index (χ0n) is 10.5. The van der Waals surface area contributed by atoms with Crippen molar-refractivity contribution in [3.8, 4) is 23.3 Å². The molecule has 0 bridgehead atoms. The van der Waals surface area contributed by atoms with Gasteiger partial charge in [-0.1, -0.05) is 11.6 Å². The fraction of sp³-hybridized carbons (Fsp3) is 0.154. The molecule has 2 aromatic rings. The summed E-state index contributed by atoms with van der Waals surface area (Å²) in [7, 11) is 1.45. The predicted molar refractivity (Wildman–Crippen MR) is 72.4 cm³/mol. The molecule has 0 radical (unpaired) electrons. The molecule has 0 atom stereocenters. The number of methoxy groups -OCH3 is 1. The number of nitriles is 1. The van der Waals surface area contributed by atoms with Crippen molar-refractivity contribution in [2.75, 3.05) is 7.11 Å². The lowest BCUT2D eigenvalue weighted by Crippen LogP contribution is -2.22. The van der Waals surface area contributed by atoms with Gasteiger partial charge in [0.25, 0.3) is 5.56 Å². The van der Waals surface area contributed by atoms with E-state index in [0.29, 0.717) is 16.5 Å². The maximum atomic E-state index is 11.9. The van der Waals surface area contributed by atoms with Gasteiger partial charge < -0.3 is 9.84 Å². The van der Waals surface area contributed by atoms with Crippen molar-refractivity contribution in [2.45, 2.75) is 6.42 Å². The highest BCUT2D eigenvalue weighted by molar-refractivity contribution is 6.30. The van der Waals surface area contributed by atoms with E-state index < -0.39 is 5.56 Å². The third-order valence-corrected chi connectivity index (χ3v) is 2.84. The number of rotatable bonds is 3. The molecule has 7 heteroatoms. The quantitative estimate of drug-likeness (QED) is 0.929. The van der Waals surface area contributed by atoms with Gasteiger partial charge in [0.2, 0.25) is 0 Å². The van der Waals surface area contributed by atoms with E-state index in [-0.39, 0.29) is 17.9 Å². The minimum atomic E-state index is -0.551. The molecule has 102 valence electrons. The van der Waals surface area contributed by atoms with Crippen LogP contribution in [0.4, 0.5) is 0 Å². The number of hydrogen-bond acceptors (Lipinski definition) is 5. The number of nitrogens with zero attached hydrogens (tertiary/aromatic N) is 3. The molecule has 1 aromatic heterocycles. The summed E-state index contributed by atoms with van der Waals surface area (Å²) in [6.45, 7) is 0. The van der Waals surface area contributed by atoms with E-state index in [1.807, 2.05) is 6.07 Å². The van der Waals surface area contributed by atoms with Crippen LogP contribution < -0.4 is 10.3 Å². The second-order valence-corrected chi connectivity index (χ2v) is 4.31. The van der Waals surface area contributed by atoms with E-state index in [1.54, 1.807) is 12.1 Å². The Labute approximate surface area is 119 Å². The molecular weight excluding hydrogens is 282 g/mol. The molecule has 0 fully saturated rings. The monoisotopic (exact) mass is 291 g/mol. The minimum absolute atomic E-state index is 0.106. The van der Waals surface area contributed by atoms with Crippen molar-refractivity contribution in [1.82, 2.24) is 9.78 Å². The van der Waals surface area contributed by atoms with Gasteiger partial charge in [-0.3, -0.25) is 4.79 Å². The van der Waals surface area contributed by atoms with Gasteiger partial charge in [-0.2, -0.15) is 15.0 Å². The zero-order valence-corrected chi connectivity index (χ0v) is 11.3. The van der Waals surface area contributed by atoms with Crippen molar-refractivity contribution in [3.63, 3.8) is 0 Å². The molecule has 0 saturated carbocycles. The van der Waals surface area contributed by atoms with E-state index in [9.17, 15) is 9.90 Å². The Morgan fingerprint density at radius 2 is 2.25 bits per heavy atom. The first kappa shape index (κ1) is 13.9. The largest absolute Gasteiger partial charge is 0.506 e. The first-order valence-electron chi connectivity index (χ1n) is 5.60. The van der Waals surface area contributed by atoms with Gasteiger partial charge in [-0.25, -0.2) is 0 Å². The number of aromatic nitrogens is 2. The lowest BCUT2D eigenvalue weighted by Gasteiger charge is -2.11. The molecule has 1 N–H and O–H groups in total. The van der Waals surface area contributed by atoms with Crippen molar-refractivity contribution >= 4 is 11.6 Å². The number of benzene rings is 1. The average molecular weight is 292 g/mol. The third-order valence-electron chi connectivity index (χ3n) is 2.60. The van der Waals surface area contributed by atoms with Crippen LogP contribution in [0.2, 0.25) is 5.02 Å². The second-order valence-electron chi connectivity index (χ2n) is 3.88. The molecule has 6 nitrogen and oxygen atoms in total. The molecule has 0 aliphatic carbocycles. The van der Waals surface area contributed by atoms with Crippen molar-refractivity contribution in [1.29, 1.82) is 5.26 Å². The molecule has 0 aliphatic heterocycles. The Bertz CT molecular complexity index is 750. The van der Waals surface area contributed by atoms with Crippen LogP contribution in [0.3, 0.4) is 0 Å². The summed E-state index contributed by atoms with van der Waals surface area (Å²) in [6, 6.07) is 7.60. The first-order valence-corrected chi connectivity index (χ1v) is 5.97. The van der Waals surface area contributed by atoms with E-state index in [1.165, 1.54) is 13.2 Å². The van der Waals surface area contributed by atoms with Gasteiger partial charge in [-0.15, -0.1) is 0 Å². The summed E-state index contributed by atoms with van der Waals surface area (Å²) < 4.78 is 6.19. The molecule has 2 rings (SSSR count). The molecule has 1 aromatic carbocycles. The fourth-order valence-corrected chi connectivity index (χ4v) is 1.85. The molecule has 0 spiro atoms. The van der Waals surface area contributed by atoms with Gasteiger partial charge in [0, 0.05) is 11.1 Å². The lowest BCUT2D eigenvalue weighted by atomic mass is 10.2. The topological polar surface area (TPSA) is 88.1 Å². The van der Waals surface area contributed by atoms with E-state index >= 15 is 0 Å². The third kappa shape index (κ3) is 2.58. The minimum Gasteiger partial charge on any atom is -0.506 e. The number of aromatic hydroxyl groups is 1. The van der Waals surface area contributed by atoms with Crippen molar-refractivity contribution < 1.29 is 9.84 Å². The highest BCUT2D eigenvalue weighted by atomic mass is 35.5. The van der Waals surface area contributed by atoms with Crippen molar-refractivity contribution in [3.05, 3.63) is 45.3 Å². The van der Waals surface area contributed by atoms with Crippen molar-refractivity contribution in [2.24, 2.45) is 0 Å². The number of halogens is 1. The van der Waals surface area contributed by atoms with Gasteiger partial charge in [0.05, 0.1) is 19.6 Å². The van der Waals surface area contributed by atoms with Crippen LogP contribution >= 0.6 is 11.6 Å². The van der Waals surface area contributed by atoms with Crippen LogP contribution in [0.1, 0.15) is 5.69 Å². The summed E-state index contributed by atoms with van der Waals surface area (Å²) in [5.41, 5.74) is -0.108. The summed E-state index contributed by atoms with van der Waals surface area (Å²) in [5.74, 6) is 0.0893. The van der Waals surface area contributed by atoms with Gasteiger partial charge in [-0.05, 0) is 18.2 Å². The Morgan fingerprint density at radius 3 is 2.90 bits per heavy atom. The van der Waals surface area contributed by atoms with Crippen LogP contribution in [0.15, 0.2) is 29.1 Å². The SMILES string of the molecule is COc1ccc(Cl)cc1-n1nc(CC#N)c(O)cc1=O. The van der Waals surface area contributed by atoms with E-state index in [2.05, 4.69) is 5.10 Å². The summed E-state index contributed by atoms with van der Waals surface area (Å²) in [6.07, 6.45) is -0.116. The van der Waals surface area contributed by atoms with Gasteiger partial charge >= 0.3 is 0 Å². The molecular formula is C13H10ClN3O3. The Hall–Kier alpha value is -2.52. The normalized spacial score (nSPS) is 10.1. The number of hydrogen-bond donors (Lipinski definition) is 1. The van der Waals surface area contributed by atoms with Crippen LogP contribution in [-0.4, -0.2) is 22.0 Å². The molecule has 0 saturated heterocycles. The maximum absolute atomic E-state index is 11.9. The van der Waals surface area contributed by atoms with E-state index in [0.717, 1.165) is 10.7 Å². The van der Waals surface area contributed by atoms with Crippen LogP contribution in [0, 0.1) is 11.3 Å². The second kappa shape index (κ2) is 5.63. The molecule has 1 heterocycles. The molecule has 0 aliphatic rings. The lowest BCUT2D eigenvalue weighted by molar-refractivity contribution is 0.410. The van der Waals surface area contributed by atoms with Gasteiger partial charge in [0.1, 0.15) is 22.9 Å². The summed E-state index contributed by atoms with van der Waals surface area (Å²) >= 11 is 5.91. The smallest absolute Gasteiger partial charge is 0.275 e. The van der Waals surface area contributed by atoms with Crippen LogP contribution in [0.25, 0.3) is 5.69 Å². The number of ether oxygens (including phenoxy) is 1. The Kier molecular flexibility index (Phi) is 3.91.